The Balaban J connectivity index is 1.36. The van der Waals surface area contributed by atoms with Crippen molar-refractivity contribution >= 4 is 11.9 Å². The number of likely N-dealkylation sites (tertiary alicyclic amines) is 2. The summed E-state index contributed by atoms with van der Waals surface area (Å²) in [4.78, 5) is 29.5. The van der Waals surface area contributed by atoms with Gasteiger partial charge in [0, 0.05) is 37.1 Å². The largest absolute Gasteiger partial charge is 0.353 e. The van der Waals surface area contributed by atoms with E-state index in [-0.39, 0.29) is 29.4 Å². The summed E-state index contributed by atoms with van der Waals surface area (Å²) in [6.45, 7) is 8.86. The molecule has 1 saturated carbocycles. The molecule has 3 aliphatic rings. The number of nitrogens with one attached hydrogen (secondary N) is 2. The number of urea groups is 1. The number of hydrogen-bond donors (Lipinski definition) is 2. The first-order valence-electron chi connectivity index (χ1n) is 11.5. The highest BCUT2D eigenvalue weighted by atomic mass is 16.2. The van der Waals surface area contributed by atoms with Crippen molar-refractivity contribution in [3.8, 4) is 0 Å². The van der Waals surface area contributed by atoms with Crippen LogP contribution in [0, 0.1) is 5.92 Å². The highest BCUT2D eigenvalue weighted by Crippen LogP contribution is 2.24. The van der Waals surface area contributed by atoms with Crippen LogP contribution in [0.25, 0.3) is 0 Å². The minimum absolute atomic E-state index is 0.00235. The first-order chi connectivity index (χ1) is 13.5. The zero-order valence-electron chi connectivity index (χ0n) is 18.0. The van der Waals surface area contributed by atoms with E-state index in [1.54, 1.807) is 0 Å². The van der Waals surface area contributed by atoms with Gasteiger partial charge in [-0.05, 0) is 65.5 Å². The van der Waals surface area contributed by atoms with Gasteiger partial charge in [-0.2, -0.15) is 0 Å². The summed E-state index contributed by atoms with van der Waals surface area (Å²) in [6.07, 6.45) is 11.3. The molecule has 2 N–H and O–H groups in total. The number of carbonyl (C=O) groups excluding carboxylic acids is 2. The van der Waals surface area contributed by atoms with Crippen LogP contribution in [0.2, 0.25) is 0 Å². The summed E-state index contributed by atoms with van der Waals surface area (Å²) in [7, 11) is 0. The van der Waals surface area contributed by atoms with Gasteiger partial charge in [0.15, 0.2) is 0 Å². The molecule has 0 unspecified atom stereocenters. The number of piperidine rings is 2. The fourth-order valence-corrected chi connectivity index (χ4v) is 4.93. The van der Waals surface area contributed by atoms with Gasteiger partial charge in [-0.1, -0.05) is 25.7 Å². The average molecular weight is 393 g/mol. The van der Waals surface area contributed by atoms with E-state index >= 15 is 0 Å². The van der Waals surface area contributed by atoms with Gasteiger partial charge in [-0.15, -0.1) is 0 Å². The Hall–Kier alpha value is -1.30. The molecule has 0 spiro atoms. The maximum absolute atomic E-state index is 12.6. The number of hydrogen-bond acceptors (Lipinski definition) is 3. The number of amides is 3. The summed E-state index contributed by atoms with van der Waals surface area (Å²) in [6, 6.07) is 0.269. The van der Waals surface area contributed by atoms with E-state index in [2.05, 4.69) is 29.4 Å². The van der Waals surface area contributed by atoms with Crippen molar-refractivity contribution < 1.29 is 9.59 Å². The molecule has 0 aromatic rings. The SMILES string of the molecule is CC(C)(CNC(=O)N1CCC(NC(=O)C2CCCCC2)CC1)N1CCCCC1. The molecule has 2 aliphatic heterocycles. The Morgan fingerprint density at radius 3 is 2.11 bits per heavy atom. The molecule has 3 amide bonds. The lowest BCUT2D eigenvalue weighted by molar-refractivity contribution is -0.126. The molecule has 28 heavy (non-hydrogen) atoms. The van der Waals surface area contributed by atoms with Crippen molar-refractivity contribution in [3.05, 3.63) is 0 Å². The molecule has 6 nitrogen and oxygen atoms in total. The third-order valence-electron chi connectivity index (χ3n) is 6.99. The Kier molecular flexibility index (Phi) is 7.61. The van der Waals surface area contributed by atoms with Crippen molar-refractivity contribution in [2.75, 3.05) is 32.7 Å². The molecule has 3 fully saturated rings. The molecule has 2 heterocycles. The molecule has 0 aromatic heterocycles. The molecule has 6 heteroatoms. The van der Waals surface area contributed by atoms with E-state index in [1.807, 2.05) is 4.90 Å². The molecule has 0 radical (unpaired) electrons. The van der Waals surface area contributed by atoms with E-state index in [0.29, 0.717) is 6.54 Å². The molecule has 160 valence electrons. The normalized spacial score (nSPS) is 23.4. The second kappa shape index (κ2) is 9.95. The van der Waals surface area contributed by atoms with Gasteiger partial charge in [0.2, 0.25) is 5.91 Å². The zero-order chi connectivity index (χ0) is 20.0. The Morgan fingerprint density at radius 2 is 1.46 bits per heavy atom. The second-order valence-electron chi connectivity index (χ2n) is 9.62. The average Bonchev–Trinajstić information content (AvgIpc) is 2.74. The molecule has 2 saturated heterocycles. The van der Waals surface area contributed by atoms with Gasteiger partial charge in [0.05, 0.1) is 0 Å². The maximum atomic E-state index is 12.6. The van der Waals surface area contributed by atoms with Crippen molar-refractivity contribution in [1.29, 1.82) is 0 Å². The van der Waals surface area contributed by atoms with Gasteiger partial charge in [-0.25, -0.2) is 4.79 Å². The Bertz CT molecular complexity index is 517. The van der Waals surface area contributed by atoms with Gasteiger partial charge in [-0.3, -0.25) is 9.69 Å². The lowest BCUT2D eigenvalue weighted by atomic mass is 9.88. The van der Waals surface area contributed by atoms with Crippen LogP contribution < -0.4 is 10.6 Å². The molecule has 0 aromatic carbocycles. The molecule has 1 aliphatic carbocycles. The molecule has 0 atom stereocenters. The zero-order valence-corrected chi connectivity index (χ0v) is 18.0. The van der Waals surface area contributed by atoms with E-state index in [0.717, 1.165) is 51.9 Å². The van der Waals surface area contributed by atoms with E-state index in [4.69, 9.17) is 0 Å². The van der Waals surface area contributed by atoms with Gasteiger partial charge >= 0.3 is 6.03 Å². The first kappa shape index (κ1) is 21.4. The van der Waals surface area contributed by atoms with Crippen LogP contribution in [-0.2, 0) is 4.79 Å². The highest BCUT2D eigenvalue weighted by molar-refractivity contribution is 5.79. The summed E-state index contributed by atoms with van der Waals surface area (Å²) >= 11 is 0. The minimum atomic E-state index is 0.00235. The van der Waals surface area contributed by atoms with Crippen LogP contribution in [0.1, 0.15) is 78.1 Å². The summed E-state index contributed by atoms with van der Waals surface area (Å²) in [5.41, 5.74) is 0.00235. The van der Waals surface area contributed by atoms with Crippen molar-refractivity contribution in [3.63, 3.8) is 0 Å². The lowest BCUT2D eigenvalue weighted by Gasteiger charge is -2.41. The lowest BCUT2D eigenvalue weighted by Crippen LogP contribution is -2.56. The predicted octanol–water partition coefficient (Wildman–Crippen LogP) is 3.12. The van der Waals surface area contributed by atoms with Crippen molar-refractivity contribution in [2.45, 2.75) is 89.6 Å². The molecular weight excluding hydrogens is 352 g/mol. The fourth-order valence-electron chi connectivity index (χ4n) is 4.93. The third-order valence-corrected chi connectivity index (χ3v) is 6.99. The second-order valence-corrected chi connectivity index (χ2v) is 9.62. The summed E-state index contributed by atoms with van der Waals surface area (Å²) in [5.74, 6) is 0.456. The quantitative estimate of drug-likeness (QED) is 0.755. The molecule has 3 rings (SSSR count). The van der Waals surface area contributed by atoms with Crippen LogP contribution in [0.3, 0.4) is 0 Å². The number of nitrogens with zero attached hydrogens (tertiary/aromatic N) is 2. The Labute approximate surface area is 170 Å². The van der Waals surface area contributed by atoms with Crippen LogP contribution in [0.5, 0.6) is 0 Å². The topological polar surface area (TPSA) is 64.7 Å². The molecule has 0 bridgehead atoms. The van der Waals surface area contributed by atoms with Gasteiger partial charge in [0.1, 0.15) is 0 Å². The molecular formula is C22H40N4O2. The fraction of sp³-hybridized carbons (Fsp3) is 0.909. The maximum Gasteiger partial charge on any atom is 0.317 e. The van der Waals surface area contributed by atoms with Gasteiger partial charge < -0.3 is 15.5 Å². The smallest absolute Gasteiger partial charge is 0.317 e. The van der Waals surface area contributed by atoms with E-state index in [9.17, 15) is 9.59 Å². The van der Waals surface area contributed by atoms with Gasteiger partial charge in [0.25, 0.3) is 0 Å². The van der Waals surface area contributed by atoms with E-state index < -0.39 is 0 Å². The monoisotopic (exact) mass is 392 g/mol. The first-order valence-corrected chi connectivity index (χ1v) is 11.5. The van der Waals surface area contributed by atoms with Crippen LogP contribution in [0.15, 0.2) is 0 Å². The minimum Gasteiger partial charge on any atom is -0.353 e. The predicted molar refractivity (Wildman–Crippen MR) is 112 cm³/mol. The Morgan fingerprint density at radius 1 is 0.857 bits per heavy atom. The highest BCUT2D eigenvalue weighted by Gasteiger charge is 2.30. The number of rotatable bonds is 5. The third kappa shape index (κ3) is 5.85. The summed E-state index contributed by atoms with van der Waals surface area (Å²) in [5, 5.41) is 6.40. The standard InChI is InChI=1S/C22H40N4O2/c1-22(2,26-13-7-4-8-14-26)17-23-21(28)25-15-11-19(12-16-25)24-20(27)18-9-5-3-6-10-18/h18-19H,3-17H2,1-2H3,(H,23,28)(H,24,27). The number of carbonyl (C=O) groups is 2. The summed E-state index contributed by atoms with van der Waals surface area (Å²) < 4.78 is 0. The van der Waals surface area contributed by atoms with Crippen LogP contribution >= 0.6 is 0 Å². The van der Waals surface area contributed by atoms with Crippen molar-refractivity contribution in [2.24, 2.45) is 5.92 Å². The van der Waals surface area contributed by atoms with Crippen molar-refractivity contribution in [1.82, 2.24) is 20.4 Å². The van der Waals surface area contributed by atoms with Crippen LogP contribution in [0.4, 0.5) is 4.79 Å². The van der Waals surface area contributed by atoms with E-state index in [1.165, 1.54) is 38.5 Å². The van der Waals surface area contributed by atoms with Crippen LogP contribution in [-0.4, -0.2) is 66.0 Å².